The molecule has 0 radical (unpaired) electrons. The molecule has 74 valence electrons. The van der Waals surface area contributed by atoms with Crippen molar-refractivity contribution < 1.29 is 9.90 Å². The number of rotatable bonds is 1. The van der Waals surface area contributed by atoms with Crippen molar-refractivity contribution in [3.05, 3.63) is 0 Å². The Morgan fingerprint density at radius 2 is 1.83 bits per heavy atom. The van der Waals surface area contributed by atoms with Gasteiger partial charge in [-0.25, -0.2) is 0 Å². The lowest BCUT2D eigenvalue weighted by atomic mass is 10.1. The van der Waals surface area contributed by atoms with E-state index in [0.29, 0.717) is 0 Å². The highest BCUT2D eigenvalue weighted by Gasteiger charge is 2.25. The summed E-state index contributed by atoms with van der Waals surface area (Å²) in [6.07, 6.45) is 0. The first-order valence-corrected chi connectivity index (χ1v) is 3.41. The second-order valence-electron chi connectivity index (χ2n) is 2.51. The van der Waals surface area contributed by atoms with Crippen molar-refractivity contribution in [2.75, 3.05) is 13.1 Å². The molecular weight excluding hydrogens is 203 g/mol. The fourth-order valence-corrected chi connectivity index (χ4v) is 1.12. The van der Waals surface area contributed by atoms with E-state index in [2.05, 4.69) is 10.6 Å². The molecule has 12 heavy (non-hydrogen) atoms. The Hall–Kier alpha value is -0.0300. The van der Waals surface area contributed by atoms with E-state index in [1.54, 1.807) is 0 Å². The Balaban J connectivity index is 0. The van der Waals surface area contributed by atoms with E-state index in [0.717, 1.165) is 13.1 Å². The summed E-state index contributed by atoms with van der Waals surface area (Å²) in [4.78, 5) is 10.5. The van der Waals surface area contributed by atoms with Gasteiger partial charge in [-0.1, -0.05) is 0 Å². The molecule has 1 heterocycles. The number of hydrogen-bond donors (Lipinski definition) is 3. The maximum atomic E-state index is 10.5. The summed E-state index contributed by atoms with van der Waals surface area (Å²) in [6.45, 7) is 3.46. The predicted octanol–water partition coefficient (Wildman–Crippen LogP) is -0.135. The van der Waals surface area contributed by atoms with Crippen LogP contribution in [0.2, 0.25) is 0 Å². The summed E-state index contributed by atoms with van der Waals surface area (Å²) >= 11 is 0. The first-order chi connectivity index (χ1) is 4.72. The molecule has 1 aliphatic rings. The van der Waals surface area contributed by atoms with E-state index in [1.165, 1.54) is 0 Å². The molecule has 4 nitrogen and oxygen atoms in total. The third kappa shape index (κ3) is 3.58. The van der Waals surface area contributed by atoms with Crippen molar-refractivity contribution in [3.8, 4) is 0 Å². The molecule has 0 bridgehead atoms. The number of carboxylic acids is 1. The van der Waals surface area contributed by atoms with Crippen LogP contribution < -0.4 is 10.6 Å². The first-order valence-electron chi connectivity index (χ1n) is 3.41. The quantitative estimate of drug-likeness (QED) is 0.572. The van der Waals surface area contributed by atoms with Gasteiger partial charge in [0, 0.05) is 19.1 Å². The summed E-state index contributed by atoms with van der Waals surface area (Å²) in [5.41, 5.74) is 0. The Morgan fingerprint density at radius 3 is 2.17 bits per heavy atom. The fraction of sp³-hybridized carbons (Fsp3) is 0.833. The number of nitrogens with one attached hydrogen (secondary N) is 2. The van der Waals surface area contributed by atoms with Crippen molar-refractivity contribution >= 4 is 30.8 Å². The molecule has 0 aromatic rings. The molecular formula is C6H14Cl2N2O2. The maximum absolute atomic E-state index is 10.5. The lowest BCUT2D eigenvalue weighted by Crippen LogP contribution is -2.57. The highest BCUT2D eigenvalue weighted by atomic mass is 35.5. The van der Waals surface area contributed by atoms with Gasteiger partial charge in [0.15, 0.2) is 0 Å². The molecule has 0 spiro atoms. The molecule has 1 rings (SSSR count). The third-order valence-corrected chi connectivity index (χ3v) is 1.72. The highest BCUT2D eigenvalue weighted by Crippen LogP contribution is 1.96. The van der Waals surface area contributed by atoms with E-state index >= 15 is 0 Å². The molecule has 0 amide bonds. The summed E-state index contributed by atoms with van der Waals surface area (Å²) in [6, 6.07) is -0.389. The number of piperazine rings is 1. The van der Waals surface area contributed by atoms with Gasteiger partial charge in [-0.15, -0.1) is 24.8 Å². The zero-order chi connectivity index (χ0) is 7.56. The summed E-state index contributed by atoms with van der Waals surface area (Å²) in [5.74, 6) is -0.778. The fourth-order valence-electron chi connectivity index (χ4n) is 1.12. The van der Waals surface area contributed by atoms with Gasteiger partial charge in [-0.2, -0.15) is 0 Å². The number of hydrogen-bond acceptors (Lipinski definition) is 3. The predicted molar refractivity (Wildman–Crippen MR) is 51.4 cm³/mol. The Kier molecular flexibility index (Phi) is 7.83. The number of carboxylic acid groups (broad SMARTS) is 1. The SMILES string of the molecule is CC1NCCN[C@H]1C(=O)O.Cl.Cl. The molecule has 6 heteroatoms. The van der Waals surface area contributed by atoms with E-state index in [-0.39, 0.29) is 30.9 Å². The van der Waals surface area contributed by atoms with Crippen LogP contribution in [0.1, 0.15) is 6.92 Å². The Morgan fingerprint density at radius 1 is 1.33 bits per heavy atom. The topological polar surface area (TPSA) is 61.4 Å². The minimum Gasteiger partial charge on any atom is -0.480 e. The second-order valence-corrected chi connectivity index (χ2v) is 2.51. The number of halogens is 2. The maximum Gasteiger partial charge on any atom is 0.322 e. The van der Waals surface area contributed by atoms with Crippen LogP contribution in [0.25, 0.3) is 0 Å². The smallest absolute Gasteiger partial charge is 0.322 e. The Bertz CT molecular complexity index is 146. The zero-order valence-electron chi connectivity index (χ0n) is 6.74. The number of aliphatic carboxylic acids is 1. The van der Waals surface area contributed by atoms with Crippen molar-refractivity contribution in [2.45, 2.75) is 19.0 Å². The lowest BCUT2D eigenvalue weighted by molar-refractivity contribution is -0.140. The Labute approximate surface area is 83.9 Å². The second kappa shape index (κ2) is 6.48. The van der Waals surface area contributed by atoms with Crippen LogP contribution in [0.4, 0.5) is 0 Å². The molecule has 1 aliphatic heterocycles. The van der Waals surface area contributed by atoms with E-state index in [1.807, 2.05) is 6.92 Å². The van der Waals surface area contributed by atoms with Crippen LogP contribution >= 0.6 is 24.8 Å². The minimum atomic E-state index is -0.778. The van der Waals surface area contributed by atoms with Gasteiger partial charge in [0.05, 0.1) is 0 Å². The van der Waals surface area contributed by atoms with Crippen LogP contribution in [-0.2, 0) is 4.79 Å². The van der Waals surface area contributed by atoms with E-state index < -0.39 is 12.0 Å². The molecule has 0 aromatic heterocycles. The molecule has 1 saturated heterocycles. The highest BCUT2D eigenvalue weighted by molar-refractivity contribution is 5.85. The molecule has 1 fully saturated rings. The van der Waals surface area contributed by atoms with Crippen LogP contribution in [-0.4, -0.2) is 36.2 Å². The van der Waals surface area contributed by atoms with Gasteiger partial charge in [0.2, 0.25) is 0 Å². The number of carbonyl (C=O) groups is 1. The summed E-state index contributed by atoms with van der Waals surface area (Å²) in [5, 5.41) is 14.6. The van der Waals surface area contributed by atoms with Gasteiger partial charge in [-0.05, 0) is 6.92 Å². The van der Waals surface area contributed by atoms with Crippen LogP contribution in [0.15, 0.2) is 0 Å². The monoisotopic (exact) mass is 216 g/mol. The molecule has 1 unspecified atom stereocenters. The standard InChI is InChI=1S/C6H12N2O2.2ClH/c1-4-5(6(9)10)8-3-2-7-4;;/h4-5,7-8H,2-3H2,1H3,(H,9,10);2*1H/t4?,5-;;/m1../s1. The van der Waals surface area contributed by atoms with Crippen molar-refractivity contribution in [1.29, 1.82) is 0 Å². The average Bonchev–Trinajstić information content (AvgIpc) is 1.88. The van der Waals surface area contributed by atoms with E-state index in [4.69, 9.17) is 5.11 Å². The van der Waals surface area contributed by atoms with Gasteiger partial charge in [0.25, 0.3) is 0 Å². The van der Waals surface area contributed by atoms with E-state index in [9.17, 15) is 4.79 Å². The lowest BCUT2D eigenvalue weighted by Gasteiger charge is -2.27. The minimum absolute atomic E-state index is 0. The van der Waals surface area contributed by atoms with Crippen LogP contribution in [0.3, 0.4) is 0 Å². The van der Waals surface area contributed by atoms with Gasteiger partial charge in [-0.3, -0.25) is 4.79 Å². The largest absolute Gasteiger partial charge is 0.480 e. The van der Waals surface area contributed by atoms with Gasteiger partial charge >= 0.3 is 5.97 Å². The molecule has 3 N–H and O–H groups in total. The molecule has 2 atom stereocenters. The molecule has 0 saturated carbocycles. The van der Waals surface area contributed by atoms with Crippen molar-refractivity contribution in [3.63, 3.8) is 0 Å². The normalized spacial score (nSPS) is 28.1. The van der Waals surface area contributed by atoms with Crippen molar-refractivity contribution in [2.24, 2.45) is 0 Å². The average molecular weight is 217 g/mol. The van der Waals surface area contributed by atoms with Gasteiger partial charge < -0.3 is 15.7 Å². The first kappa shape index (κ1) is 14.5. The van der Waals surface area contributed by atoms with Crippen molar-refractivity contribution in [1.82, 2.24) is 10.6 Å². The molecule has 0 aromatic carbocycles. The van der Waals surface area contributed by atoms with Gasteiger partial charge in [0.1, 0.15) is 6.04 Å². The summed E-state index contributed by atoms with van der Waals surface area (Å²) in [7, 11) is 0. The third-order valence-electron chi connectivity index (χ3n) is 1.72. The van der Waals surface area contributed by atoms with Crippen LogP contribution in [0.5, 0.6) is 0 Å². The zero-order valence-corrected chi connectivity index (χ0v) is 8.37. The van der Waals surface area contributed by atoms with Crippen LogP contribution in [0, 0.1) is 0 Å². The summed E-state index contributed by atoms with van der Waals surface area (Å²) < 4.78 is 0. The molecule has 0 aliphatic carbocycles.